The Morgan fingerprint density at radius 2 is 0.881 bits per heavy atom. The zero-order valence-corrected chi connectivity index (χ0v) is 33.9. The van der Waals surface area contributed by atoms with Gasteiger partial charge in [-0.25, -0.2) is 0 Å². The number of hydrogen-bond donors (Lipinski definition) is 0. The van der Waals surface area contributed by atoms with E-state index in [1.54, 1.807) is 0 Å². The highest BCUT2D eigenvalue weighted by Gasteiger charge is 2.37. The molecule has 11 rings (SSSR count). The first kappa shape index (κ1) is 35.2. The predicted molar refractivity (Wildman–Crippen MR) is 253 cm³/mol. The predicted octanol–water partition coefficient (Wildman–Crippen LogP) is 16.5. The van der Waals surface area contributed by atoms with Crippen LogP contribution < -0.4 is 4.90 Å². The molecule has 1 aromatic heterocycles. The maximum Gasteiger partial charge on any atom is 0.0541 e. The van der Waals surface area contributed by atoms with Gasteiger partial charge >= 0.3 is 0 Å². The fourth-order valence-corrected chi connectivity index (χ4v) is 10.7. The van der Waals surface area contributed by atoms with Gasteiger partial charge in [0.1, 0.15) is 0 Å². The second-order valence-corrected chi connectivity index (χ2v) is 17.1. The molecule has 0 spiro atoms. The molecule has 1 aliphatic rings. The van der Waals surface area contributed by atoms with Crippen molar-refractivity contribution in [1.82, 2.24) is 0 Å². The summed E-state index contributed by atoms with van der Waals surface area (Å²) in [6.45, 7) is 4.73. The standard InChI is InChI=1S/C57H41NS/c1-57(2)49-30-13-9-26-47(49)55-44(27-18-31-50(55)57)41-23-10-14-32-51(41)58(53-36-35-40(38-19-5-3-6-20-38)37-48(53)39-21-7-4-8-22-39)52-33-15-11-24-42(52)45-28-17-29-46-43-25-12-16-34-54(43)59-56(45)46/h3-37H,1-2H3. The molecule has 0 atom stereocenters. The van der Waals surface area contributed by atoms with Gasteiger partial charge in [-0.3, -0.25) is 0 Å². The van der Waals surface area contributed by atoms with Crippen LogP contribution in [0.15, 0.2) is 212 Å². The minimum absolute atomic E-state index is 0.111. The van der Waals surface area contributed by atoms with Gasteiger partial charge in [0, 0.05) is 47.8 Å². The summed E-state index contributed by atoms with van der Waals surface area (Å²) in [5.41, 5.74) is 18.2. The molecule has 280 valence electrons. The molecule has 1 nitrogen and oxygen atoms in total. The molecule has 1 heterocycles. The van der Waals surface area contributed by atoms with Crippen LogP contribution in [0.25, 0.3) is 75.8 Å². The number of nitrogens with zero attached hydrogens (tertiary/aromatic N) is 1. The Kier molecular flexibility index (Phi) is 8.43. The lowest BCUT2D eigenvalue weighted by Crippen LogP contribution is -2.15. The molecule has 10 aromatic rings. The van der Waals surface area contributed by atoms with E-state index in [0.29, 0.717) is 0 Å². The van der Waals surface area contributed by atoms with Crippen LogP contribution in [0.5, 0.6) is 0 Å². The maximum absolute atomic E-state index is 2.54. The highest BCUT2D eigenvalue weighted by molar-refractivity contribution is 7.26. The molecule has 0 saturated carbocycles. The average Bonchev–Trinajstić information content (AvgIpc) is 3.80. The normalized spacial score (nSPS) is 12.7. The summed E-state index contributed by atoms with van der Waals surface area (Å²) >= 11 is 1.88. The lowest BCUT2D eigenvalue weighted by Gasteiger charge is -2.32. The monoisotopic (exact) mass is 771 g/mol. The average molecular weight is 772 g/mol. The van der Waals surface area contributed by atoms with Crippen LogP contribution in [0.4, 0.5) is 17.1 Å². The van der Waals surface area contributed by atoms with Crippen molar-refractivity contribution in [3.05, 3.63) is 223 Å². The number of hydrogen-bond acceptors (Lipinski definition) is 2. The molecule has 2 heteroatoms. The first-order valence-corrected chi connectivity index (χ1v) is 21.3. The molecule has 9 aromatic carbocycles. The smallest absolute Gasteiger partial charge is 0.0541 e. The first-order chi connectivity index (χ1) is 29.1. The third-order valence-electron chi connectivity index (χ3n) is 12.3. The lowest BCUT2D eigenvalue weighted by atomic mass is 9.82. The Labute approximate surface area is 350 Å². The van der Waals surface area contributed by atoms with E-state index >= 15 is 0 Å². The van der Waals surface area contributed by atoms with Crippen LogP contribution in [-0.4, -0.2) is 0 Å². The minimum atomic E-state index is -0.111. The maximum atomic E-state index is 2.54. The Bertz CT molecular complexity index is 3190. The summed E-state index contributed by atoms with van der Waals surface area (Å²) in [6.07, 6.45) is 0. The summed E-state index contributed by atoms with van der Waals surface area (Å²) in [7, 11) is 0. The van der Waals surface area contributed by atoms with Gasteiger partial charge in [-0.05, 0) is 74.8 Å². The summed E-state index contributed by atoms with van der Waals surface area (Å²) in [4.78, 5) is 2.54. The Morgan fingerprint density at radius 1 is 0.356 bits per heavy atom. The molecule has 0 fully saturated rings. The summed E-state index contributed by atoms with van der Waals surface area (Å²) in [5.74, 6) is 0. The molecular formula is C57H41NS. The number of thiophene rings is 1. The van der Waals surface area contributed by atoms with Crippen LogP contribution in [0.3, 0.4) is 0 Å². The molecule has 59 heavy (non-hydrogen) atoms. The minimum Gasteiger partial charge on any atom is -0.309 e. The van der Waals surface area contributed by atoms with Gasteiger partial charge < -0.3 is 4.90 Å². The molecule has 0 amide bonds. The Morgan fingerprint density at radius 3 is 1.64 bits per heavy atom. The van der Waals surface area contributed by atoms with Crippen LogP contribution >= 0.6 is 11.3 Å². The molecule has 0 radical (unpaired) electrons. The molecule has 0 bridgehead atoms. The quantitative estimate of drug-likeness (QED) is 0.156. The Hall–Kier alpha value is -7.00. The van der Waals surface area contributed by atoms with Gasteiger partial charge in [0.25, 0.3) is 0 Å². The van der Waals surface area contributed by atoms with Crippen LogP contribution in [0, 0.1) is 0 Å². The van der Waals surface area contributed by atoms with Gasteiger partial charge in [-0.1, -0.05) is 196 Å². The first-order valence-electron chi connectivity index (χ1n) is 20.4. The van der Waals surface area contributed by atoms with E-state index in [9.17, 15) is 0 Å². The fraction of sp³-hybridized carbons (Fsp3) is 0.0526. The highest BCUT2D eigenvalue weighted by Crippen LogP contribution is 2.55. The van der Waals surface area contributed by atoms with E-state index < -0.39 is 0 Å². The number of fused-ring (bicyclic) bond motifs is 6. The molecule has 0 N–H and O–H groups in total. The zero-order chi connectivity index (χ0) is 39.5. The van der Waals surface area contributed by atoms with Crippen molar-refractivity contribution in [2.45, 2.75) is 19.3 Å². The third-order valence-corrected chi connectivity index (χ3v) is 13.5. The number of anilines is 3. The van der Waals surface area contributed by atoms with Gasteiger partial charge in [-0.2, -0.15) is 0 Å². The van der Waals surface area contributed by atoms with Crippen LogP contribution in [-0.2, 0) is 5.41 Å². The summed E-state index contributed by atoms with van der Waals surface area (Å²) < 4.78 is 2.61. The SMILES string of the molecule is CC1(C)c2ccccc2-c2c(-c3ccccc3N(c3ccc(-c4ccccc4)cc3-c3ccccc3)c3ccccc3-c3cccc4c3sc3ccccc34)cccc21. The van der Waals surface area contributed by atoms with Gasteiger partial charge in [0.05, 0.1) is 17.1 Å². The van der Waals surface area contributed by atoms with Crippen molar-refractivity contribution in [3.8, 4) is 55.6 Å². The molecule has 0 aliphatic heterocycles. The zero-order valence-electron chi connectivity index (χ0n) is 33.1. The van der Waals surface area contributed by atoms with Gasteiger partial charge in [0.2, 0.25) is 0 Å². The number of benzene rings is 9. The van der Waals surface area contributed by atoms with E-state index in [1.807, 2.05) is 11.3 Å². The van der Waals surface area contributed by atoms with Crippen molar-refractivity contribution in [2.24, 2.45) is 0 Å². The van der Waals surface area contributed by atoms with E-state index in [1.165, 1.54) is 86.9 Å². The van der Waals surface area contributed by atoms with Crippen molar-refractivity contribution in [2.75, 3.05) is 4.90 Å². The second kappa shape index (κ2) is 14.1. The van der Waals surface area contributed by atoms with Crippen LogP contribution in [0.1, 0.15) is 25.0 Å². The van der Waals surface area contributed by atoms with Gasteiger partial charge in [-0.15, -0.1) is 11.3 Å². The summed E-state index contributed by atoms with van der Waals surface area (Å²) in [5, 5.41) is 2.60. The van der Waals surface area contributed by atoms with Crippen molar-refractivity contribution in [1.29, 1.82) is 0 Å². The van der Waals surface area contributed by atoms with Crippen molar-refractivity contribution >= 4 is 48.6 Å². The molecule has 0 saturated heterocycles. The lowest BCUT2D eigenvalue weighted by molar-refractivity contribution is 0.660. The molecular weight excluding hydrogens is 731 g/mol. The largest absolute Gasteiger partial charge is 0.309 e. The fourth-order valence-electron chi connectivity index (χ4n) is 9.51. The van der Waals surface area contributed by atoms with Crippen LogP contribution in [0.2, 0.25) is 0 Å². The van der Waals surface area contributed by atoms with Crippen molar-refractivity contribution < 1.29 is 0 Å². The van der Waals surface area contributed by atoms with E-state index in [-0.39, 0.29) is 5.41 Å². The Balaban J connectivity index is 1.22. The second-order valence-electron chi connectivity index (χ2n) is 16.0. The number of rotatable bonds is 7. The van der Waals surface area contributed by atoms with E-state index in [0.717, 1.165) is 17.1 Å². The summed E-state index contributed by atoms with van der Waals surface area (Å²) in [6, 6.07) is 78.2. The van der Waals surface area contributed by atoms with Gasteiger partial charge in [0.15, 0.2) is 0 Å². The highest BCUT2D eigenvalue weighted by atomic mass is 32.1. The molecule has 1 aliphatic carbocycles. The topological polar surface area (TPSA) is 3.24 Å². The molecule has 0 unspecified atom stereocenters. The number of para-hydroxylation sites is 2. The van der Waals surface area contributed by atoms with E-state index in [4.69, 9.17) is 0 Å². The van der Waals surface area contributed by atoms with Crippen molar-refractivity contribution in [3.63, 3.8) is 0 Å². The van der Waals surface area contributed by atoms with E-state index in [2.05, 4.69) is 231 Å². The third kappa shape index (κ3) is 5.74.